The first-order valence-electron chi connectivity index (χ1n) is 8.04. The van der Waals surface area contributed by atoms with Gasteiger partial charge in [0.2, 0.25) is 0 Å². The zero-order chi connectivity index (χ0) is 16.9. The molecule has 2 aromatic carbocycles. The van der Waals surface area contributed by atoms with E-state index in [1.807, 2.05) is 12.1 Å². The van der Waals surface area contributed by atoms with Crippen LogP contribution in [-0.2, 0) is 17.6 Å². The number of nitrogens with one attached hydrogen (secondary N) is 1. The molecule has 2 aromatic rings. The van der Waals surface area contributed by atoms with Crippen LogP contribution >= 0.6 is 11.6 Å². The fraction of sp³-hybridized carbons (Fsp3) is 0.316. The molecule has 0 spiro atoms. The van der Waals surface area contributed by atoms with Crippen molar-refractivity contribution in [3.63, 3.8) is 0 Å². The number of amides is 1. The third-order valence-corrected chi connectivity index (χ3v) is 4.36. The van der Waals surface area contributed by atoms with E-state index in [2.05, 4.69) is 11.4 Å². The minimum absolute atomic E-state index is 0.0611. The zero-order valence-electron chi connectivity index (χ0n) is 13.6. The quantitative estimate of drug-likeness (QED) is 0.881. The van der Waals surface area contributed by atoms with Gasteiger partial charge >= 0.3 is 0 Å². The molecular formula is C19H20ClNO3. The maximum atomic E-state index is 12.1. The number of rotatable bonds is 5. The summed E-state index contributed by atoms with van der Waals surface area (Å²) in [5.41, 5.74) is 3.25. The molecule has 5 heteroatoms. The number of fused-ring (bicyclic) bond motifs is 1. The highest BCUT2D eigenvalue weighted by atomic mass is 35.5. The van der Waals surface area contributed by atoms with Crippen molar-refractivity contribution in [3.05, 3.63) is 52.5 Å². The molecule has 1 N–H and O–H groups in total. The van der Waals surface area contributed by atoms with E-state index in [1.54, 1.807) is 25.3 Å². The second-order valence-electron chi connectivity index (χ2n) is 5.82. The van der Waals surface area contributed by atoms with Gasteiger partial charge in [0, 0.05) is 5.02 Å². The Bertz CT molecular complexity index is 745. The van der Waals surface area contributed by atoms with Gasteiger partial charge in [-0.2, -0.15) is 0 Å². The summed E-state index contributed by atoms with van der Waals surface area (Å²) in [4.78, 5) is 12.1. The van der Waals surface area contributed by atoms with Crippen LogP contribution < -0.4 is 14.8 Å². The molecule has 0 atom stereocenters. The zero-order valence-corrected chi connectivity index (χ0v) is 14.4. The molecule has 0 saturated carbocycles. The molecule has 0 bridgehead atoms. The van der Waals surface area contributed by atoms with Crippen molar-refractivity contribution >= 4 is 23.2 Å². The summed E-state index contributed by atoms with van der Waals surface area (Å²) >= 11 is 5.96. The van der Waals surface area contributed by atoms with Gasteiger partial charge in [0.25, 0.3) is 5.91 Å². The SMILES string of the molecule is COc1ccc(Cl)cc1NC(=O)COc1ccc2c(c1)CCCC2. The lowest BCUT2D eigenvalue weighted by molar-refractivity contribution is -0.118. The Labute approximate surface area is 146 Å². The highest BCUT2D eigenvalue weighted by Crippen LogP contribution is 2.28. The highest BCUT2D eigenvalue weighted by Gasteiger charge is 2.12. The van der Waals surface area contributed by atoms with E-state index in [0.717, 1.165) is 18.6 Å². The maximum Gasteiger partial charge on any atom is 0.262 e. The molecule has 1 aliphatic carbocycles. The third kappa shape index (κ3) is 4.01. The largest absolute Gasteiger partial charge is 0.495 e. The Hall–Kier alpha value is -2.20. The predicted octanol–water partition coefficient (Wildman–Crippen LogP) is 4.24. The van der Waals surface area contributed by atoms with E-state index < -0.39 is 0 Å². The van der Waals surface area contributed by atoms with Crippen molar-refractivity contribution in [2.24, 2.45) is 0 Å². The predicted molar refractivity (Wildman–Crippen MR) is 95.2 cm³/mol. The minimum atomic E-state index is -0.256. The van der Waals surface area contributed by atoms with Gasteiger partial charge in [-0.05, 0) is 67.1 Å². The Kier molecular flexibility index (Phi) is 5.26. The second kappa shape index (κ2) is 7.58. The normalized spacial score (nSPS) is 13.1. The van der Waals surface area contributed by atoms with Gasteiger partial charge in [-0.25, -0.2) is 0 Å². The number of aryl methyl sites for hydroxylation is 2. The van der Waals surface area contributed by atoms with Gasteiger partial charge in [0.05, 0.1) is 12.8 Å². The van der Waals surface area contributed by atoms with E-state index in [-0.39, 0.29) is 12.5 Å². The van der Waals surface area contributed by atoms with Gasteiger partial charge in [-0.15, -0.1) is 0 Å². The van der Waals surface area contributed by atoms with Crippen molar-refractivity contribution in [1.82, 2.24) is 0 Å². The summed E-state index contributed by atoms with van der Waals surface area (Å²) in [6.45, 7) is -0.0611. The average molecular weight is 346 g/mol. The summed E-state index contributed by atoms with van der Waals surface area (Å²) in [5.74, 6) is 1.03. The summed E-state index contributed by atoms with van der Waals surface area (Å²) in [5, 5.41) is 3.29. The molecule has 24 heavy (non-hydrogen) atoms. The standard InChI is InChI=1S/C19H20ClNO3/c1-23-18-9-7-15(20)11-17(18)21-19(22)12-24-16-8-6-13-4-2-3-5-14(13)10-16/h6-11H,2-5,12H2,1H3,(H,21,22). The molecule has 0 heterocycles. The van der Waals surface area contributed by atoms with Crippen molar-refractivity contribution in [2.45, 2.75) is 25.7 Å². The number of halogens is 1. The summed E-state index contributed by atoms with van der Waals surface area (Å²) in [6, 6.07) is 11.1. The van der Waals surface area contributed by atoms with Crippen LogP contribution in [-0.4, -0.2) is 19.6 Å². The van der Waals surface area contributed by atoms with Gasteiger partial charge in [0.1, 0.15) is 11.5 Å². The fourth-order valence-corrected chi connectivity index (χ4v) is 3.08. The second-order valence-corrected chi connectivity index (χ2v) is 6.26. The van der Waals surface area contributed by atoms with Crippen LogP contribution in [0.25, 0.3) is 0 Å². The van der Waals surface area contributed by atoms with Crippen molar-refractivity contribution in [3.8, 4) is 11.5 Å². The van der Waals surface area contributed by atoms with Gasteiger partial charge < -0.3 is 14.8 Å². The van der Waals surface area contributed by atoms with Crippen LogP contribution in [0.15, 0.2) is 36.4 Å². The summed E-state index contributed by atoms with van der Waals surface area (Å²) in [6.07, 6.45) is 4.67. The first kappa shape index (κ1) is 16.7. The molecule has 1 amide bonds. The molecule has 0 unspecified atom stereocenters. The highest BCUT2D eigenvalue weighted by molar-refractivity contribution is 6.31. The minimum Gasteiger partial charge on any atom is -0.495 e. The lowest BCUT2D eigenvalue weighted by Gasteiger charge is -2.17. The molecule has 0 aromatic heterocycles. The van der Waals surface area contributed by atoms with Crippen molar-refractivity contribution in [2.75, 3.05) is 19.0 Å². The summed E-state index contributed by atoms with van der Waals surface area (Å²) < 4.78 is 10.8. The fourth-order valence-electron chi connectivity index (χ4n) is 2.91. The molecule has 0 aliphatic heterocycles. The van der Waals surface area contributed by atoms with Crippen molar-refractivity contribution < 1.29 is 14.3 Å². The van der Waals surface area contributed by atoms with Crippen LogP contribution in [0.1, 0.15) is 24.0 Å². The van der Waals surface area contributed by atoms with Crippen LogP contribution in [0, 0.1) is 0 Å². The van der Waals surface area contributed by atoms with Crippen LogP contribution in [0.4, 0.5) is 5.69 Å². The van der Waals surface area contributed by atoms with E-state index in [0.29, 0.717) is 16.5 Å². The lowest BCUT2D eigenvalue weighted by Crippen LogP contribution is -2.20. The van der Waals surface area contributed by atoms with E-state index in [1.165, 1.54) is 24.0 Å². The molecule has 0 fully saturated rings. The van der Waals surface area contributed by atoms with Gasteiger partial charge in [-0.3, -0.25) is 4.79 Å². The van der Waals surface area contributed by atoms with E-state index >= 15 is 0 Å². The number of methoxy groups -OCH3 is 1. The first-order valence-corrected chi connectivity index (χ1v) is 8.41. The topological polar surface area (TPSA) is 47.6 Å². The molecule has 0 saturated heterocycles. The van der Waals surface area contributed by atoms with E-state index in [4.69, 9.17) is 21.1 Å². The van der Waals surface area contributed by atoms with E-state index in [9.17, 15) is 4.79 Å². The number of anilines is 1. The smallest absolute Gasteiger partial charge is 0.262 e. The van der Waals surface area contributed by atoms with Crippen LogP contribution in [0.3, 0.4) is 0 Å². The van der Waals surface area contributed by atoms with Gasteiger partial charge in [-0.1, -0.05) is 17.7 Å². The number of ether oxygens (including phenoxy) is 2. The number of benzene rings is 2. The number of carbonyl (C=O) groups excluding carboxylic acids is 1. The lowest BCUT2D eigenvalue weighted by atomic mass is 9.92. The Morgan fingerprint density at radius 3 is 2.71 bits per heavy atom. The van der Waals surface area contributed by atoms with Gasteiger partial charge in [0.15, 0.2) is 6.61 Å². The molecule has 1 aliphatic rings. The number of hydrogen-bond acceptors (Lipinski definition) is 3. The Balaban J connectivity index is 1.61. The molecule has 126 valence electrons. The average Bonchev–Trinajstić information content (AvgIpc) is 2.60. The monoisotopic (exact) mass is 345 g/mol. The van der Waals surface area contributed by atoms with Crippen LogP contribution in [0.5, 0.6) is 11.5 Å². The van der Waals surface area contributed by atoms with Crippen LogP contribution in [0.2, 0.25) is 5.02 Å². The maximum absolute atomic E-state index is 12.1. The number of carbonyl (C=O) groups is 1. The molecule has 3 rings (SSSR count). The molecule has 4 nitrogen and oxygen atoms in total. The third-order valence-electron chi connectivity index (χ3n) is 4.13. The van der Waals surface area contributed by atoms with Crippen molar-refractivity contribution in [1.29, 1.82) is 0 Å². The molecular weight excluding hydrogens is 326 g/mol. The summed E-state index contributed by atoms with van der Waals surface area (Å²) in [7, 11) is 1.54. The first-order chi connectivity index (χ1) is 11.7. The number of hydrogen-bond donors (Lipinski definition) is 1. The Morgan fingerprint density at radius 2 is 1.92 bits per heavy atom. The Morgan fingerprint density at radius 1 is 1.12 bits per heavy atom. The molecule has 0 radical (unpaired) electrons.